The van der Waals surface area contributed by atoms with Crippen LogP contribution in [0.3, 0.4) is 0 Å². The van der Waals surface area contributed by atoms with Gasteiger partial charge in [-0.15, -0.1) is 0 Å². The molecule has 0 spiro atoms. The SMILES string of the molecule is C.C.CC(C)C1CC[C@@H](C)C[C@H]1C.CC(C)N1C(=O)c2ccccc2C1=O.CN1C(=O)[C@@H](O)C(c2ccccc2)C1C(=O)c1ccccc1.CN1C(=O)[C@@H](O)[C@H](c2ccccc2)[C@@H]1[C@@H](O)c1ccccc1.C[C@@H]1C(=O)N(C)[C@@H](C(=O)c2ccccc2)[C@H]1c1ccccc1.C[C@H]1C(=O)N(C)[C@H](C(=O)c2ccccc2)[C@@H]1c1ccccc1. The van der Waals surface area contributed by atoms with Crippen molar-refractivity contribution in [1.82, 2.24) is 24.5 Å². The summed E-state index contributed by atoms with van der Waals surface area (Å²) in [6.45, 7) is 17.1. The number of hydrogen-bond acceptors (Lipinski definition) is 12. The third-order valence-corrected chi connectivity index (χ3v) is 23.4. The highest BCUT2D eigenvalue weighted by atomic mass is 16.3. The number of likely N-dealkylation sites (N-methyl/N-ethyl adjacent to an activating group) is 4. The number of aliphatic hydroxyl groups is 3. The lowest BCUT2D eigenvalue weighted by Gasteiger charge is -2.35. The standard InChI is InChI=1S/2C19H19NO2.C18H19NO3.C18H17NO3.C11H11NO2.C11H22.2CH4/c2*1-13-16(14-9-5-3-6-10-14)17(20(2)19(13)22)18(21)15-11-7-4-8-12-15;2*1-19-15(16(20)13-10-6-3-7-11-13)14(17(21)18(19)22)12-8-4-2-5-9-12;1-7(2)12-10(13)8-5-3-4-6-9(8)11(12)14;1-8(2)11-6-5-9(3)7-10(11)4;;/h2*3-13,16-17H,1-2H3;2-11,14-17,20-21H,1H3;2-11,14-15,17,21H,1H3;3-7H,1-2H3;8-11H,5-7H2,1-4H3;2*1H4/t2*13-,16+,17+;14-,15-,16+,17+;14?,15?,17-;;9-,10-,11?;;/m1010.1../s1. The molecule has 17 heteroatoms. The number of aliphatic hydroxyl groups excluding tert-OH is 3. The van der Waals surface area contributed by atoms with Crippen molar-refractivity contribution in [2.24, 2.45) is 35.5 Å². The first-order valence-corrected chi connectivity index (χ1v) is 39.3. The Morgan fingerprint density at radius 1 is 0.365 bits per heavy atom. The summed E-state index contributed by atoms with van der Waals surface area (Å²) in [5, 5.41) is 31.4. The van der Waals surface area contributed by atoms with Gasteiger partial charge in [-0.25, -0.2) is 0 Å². The average molecular weight is 1560 g/mol. The molecule has 0 radical (unpaired) electrons. The molecule has 0 aromatic heterocycles. The van der Waals surface area contributed by atoms with Crippen LogP contribution in [0.2, 0.25) is 0 Å². The molecule has 9 aromatic carbocycles. The average Bonchev–Trinajstić information content (AvgIpc) is 1.64. The molecular formula is C98H115N5O12. The van der Waals surface area contributed by atoms with Crippen LogP contribution < -0.4 is 0 Å². The predicted octanol–water partition coefficient (Wildman–Crippen LogP) is 16.5. The highest BCUT2D eigenvalue weighted by Crippen LogP contribution is 2.44. The van der Waals surface area contributed by atoms with Gasteiger partial charge in [-0.1, -0.05) is 318 Å². The van der Waals surface area contributed by atoms with Crippen LogP contribution in [-0.2, 0) is 19.2 Å². The number of fused-ring (bicyclic) bond motifs is 1. The van der Waals surface area contributed by atoms with E-state index in [1.165, 1.54) is 34.0 Å². The van der Waals surface area contributed by atoms with Crippen molar-refractivity contribution in [1.29, 1.82) is 0 Å². The molecule has 9 aromatic rings. The van der Waals surface area contributed by atoms with Gasteiger partial charge < -0.3 is 34.9 Å². The third kappa shape index (κ3) is 20.0. The van der Waals surface area contributed by atoms with Crippen molar-refractivity contribution in [3.05, 3.63) is 323 Å². The number of carbonyl (C=O) groups excluding carboxylic acids is 9. The van der Waals surface area contributed by atoms with Crippen molar-refractivity contribution in [3.8, 4) is 0 Å². The van der Waals surface area contributed by atoms with Crippen LogP contribution in [0.5, 0.6) is 0 Å². The Morgan fingerprint density at radius 2 is 0.652 bits per heavy atom. The first kappa shape index (κ1) is 89.4. The molecule has 16 atom stereocenters. The number of Topliss-reactive ketones (excluding diaryl/α,β-unsaturated/α-hetero) is 3. The van der Waals surface area contributed by atoms with Crippen LogP contribution in [0.4, 0.5) is 0 Å². The molecule has 5 fully saturated rings. The number of ketones is 3. The number of likely N-dealkylation sites (tertiary alicyclic amines) is 4. The summed E-state index contributed by atoms with van der Waals surface area (Å²) in [4.78, 5) is 119. The molecule has 3 N–H and O–H groups in total. The molecule has 5 heterocycles. The smallest absolute Gasteiger partial charge is 0.261 e. The summed E-state index contributed by atoms with van der Waals surface area (Å²) >= 11 is 0. The highest BCUT2D eigenvalue weighted by Gasteiger charge is 2.53. The molecule has 3 unspecified atom stereocenters. The predicted molar refractivity (Wildman–Crippen MR) is 453 cm³/mol. The van der Waals surface area contributed by atoms with E-state index in [1.54, 1.807) is 86.5 Å². The zero-order valence-electron chi connectivity index (χ0n) is 66.7. The zero-order valence-corrected chi connectivity index (χ0v) is 66.7. The number of amides is 6. The minimum atomic E-state index is -1.19. The number of nitrogens with zero attached hydrogens (tertiary/aromatic N) is 5. The molecule has 17 nitrogen and oxygen atoms in total. The first-order chi connectivity index (χ1) is 54.2. The van der Waals surface area contributed by atoms with Crippen LogP contribution in [0.1, 0.15) is 199 Å². The lowest BCUT2D eigenvalue weighted by Crippen LogP contribution is -2.38. The van der Waals surface area contributed by atoms with E-state index in [0.29, 0.717) is 27.8 Å². The van der Waals surface area contributed by atoms with Gasteiger partial charge in [-0.05, 0) is 90.3 Å². The largest absolute Gasteiger partial charge is 0.386 e. The third-order valence-electron chi connectivity index (χ3n) is 23.4. The van der Waals surface area contributed by atoms with Gasteiger partial charge in [-0.2, -0.15) is 0 Å². The summed E-state index contributed by atoms with van der Waals surface area (Å²) < 4.78 is 0. The van der Waals surface area contributed by atoms with Gasteiger partial charge >= 0.3 is 0 Å². The van der Waals surface area contributed by atoms with Crippen molar-refractivity contribution in [3.63, 3.8) is 0 Å². The molecule has 0 bridgehead atoms. The normalized spacial score (nSPS) is 24.7. The van der Waals surface area contributed by atoms with Gasteiger partial charge in [-0.3, -0.25) is 48.1 Å². The molecule has 5 aliphatic heterocycles. The molecular weight excluding hydrogens is 1440 g/mol. The van der Waals surface area contributed by atoms with E-state index in [2.05, 4.69) is 27.7 Å². The molecule has 604 valence electrons. The molecule has 6 amide bonds. The number of hydrogen-bond donors (Lipinski definition) is 3. The molecule has 115 heavy (non-hydrogen) atoms. The summed E-state index contributed by atoms with van der Waals surface area (Å²) in [7, 11) is 6.66. The fourth-order valence-electron chi connectivity index (χ4n) is 17.4. The first-order valence-electron chi connectivity index (χ1n) is 39.3. The number of imide groups is 1. The lowest BCUT2D eigenvalue weighted by molar-refractivity contribution is -0.135. The van der Waals surface area contributed by atoms with Crippen LogP contribution in [-0.4, -0.2) is 163 Å². The van der Waals surface area contributed by atoms with Gasteiger partial charge in [0, 0.05) is 86.4 Å². The zero-order chi connectivity index (χ0) is 81.5. The van der Waals surface area contributed by atoms with Crippen molar-refractivity contribution in [2.45, 2.75) is 162 Å². The van der Waals surface area contributed by atoms with E-state index in [0.717, 1.165) is 51.5 Å². The topological polar surface area (TPSA) is 231 Å². The van der Waals surface area contributed by atoms with Gasteiger partial charge in [0.25, 0.3) is 23.6 Å². The van der Waals surface area contributed by atoms with Crippen LogP contribution in [0.15, 0.2) is 267 Å². The highest BCUT2D eigenvalue weighted by molar-refractivity contribution is 6.21. The minimum absolute atomic E-state index is 0. The summed E-state index contributed by atoms with van der Waals surface area (Å²) in [6, 6.07) is 79.7. The fourth-order valence-corrected chi connectivity index (χ4v) is 17.4. The summed E-state index contributed by atoms with van der Waals surface area (Å²) in [5.41, 5.74) is 7.37. The molecule has 6 aliphatic rings. The van der Waals surface area contributed by atoms with E-state index >= 15 is 0 Å². The van der Waals surface area contributed by atoms with Crippen LogP contribution >= 0.6 is 0 Å². The van der Waals surface area contributed by atoms with Crippen molar-refractivity contribution in [2.75, 3.05) is 28.2 Å². The van der Waals surface area contributed by atoms with E-state index in [4.69, 9.17) is 0 Å². The second-order valence-electron chi connectivity index (χ2n) is 31.3. The second kappa shape index (κ2) is 40.8. The van der Waals surface area contributed by atoms with Gasteiger partial charge in [0.2, 0.25) is 11.8 Å². The Balaban J connectivity index is 0.000000174. The maximum atomic E-state index is 12.9. The Bertz CT molecular complexity index is 4370. The number of rotatable bonds is 14. The second-order valence-corrected chi connectivity index (χ2v) is 31.3. The van der Waals surface area contributed by atoms with E-state index in [9.17, 15) is 58.5 Å². The van der Waals surface area contributed by atoms with E-state index in [-0.39, 0.29) is 91.5 Å². The monoisotopic (exact) mass is 1550 g/mol. The molecule has 1 aliphatic carbocycles. The van der Waals surface area contributed by atoms with Crippen molar-refractivity contribution < 1.29 is 58.5 Å². The molecule has 15 rings (SSSR count). The van der Waals surface area contributed by atoms with Gasteiger partial charge in [0.05, 0.1) is 17.2 Å². The van der Waals surface area contributed by atoms with E-state index in [1.807, 2.05) is 246 Å². The maximum absolute atomic E-state index is 12.9. The lowest BCUT2D eigenvalue weighted by atomic mass is 9.71. The summed E-state index contributed by atoms with van der Waals surface area (Å²) in [6.07, 6.45) is 1.23. The van der Waals surface area contributed by atoms with Crippen LogP contribution in [0.25, 0.3) is 0 Å². The summed E-state index contributed by atoms with van der Waals surface area (Å²) in [5.74, 6) is 1.08. The Kier molecular flexibility index (Phi) is 31.7. The van der Waals surface area contributed by atoms with Gasteiger partial charge in [0.15, 0.2) is 17.3 Å². The quantitative estimate of drug-likeness (QED) is 0.0682. The minimum Gasteiger partial charge on any atom is -0.386 e. The Hall–Kier alpha value is -11.1. The fraction of sp³-hybridized carbons (Fsp3) is 0.357. The van der Waals surface area contributed by atoms with Crippen molar-refractivity contribution >= 4 is 52.8 Å². The maximum Gasteiger partial charge on any atom is 0.261 e. The number of benzene rings is 9. The molecule has 1 saturated carbocycles. The number of carbonyl (C=O) groups is 9. The van der Waals surface area contributed by atoms with E-state index < -0.39 is 60.2 Å². The molecule has 4 saturated heterocycles. The Labute approximate surface area is 680 Å². The van der Waals surface area contributed by atoms with Crippen LogP contribution in [0, 0.1) is 35.5 Å². The Morgan fingerprint density at radius 3 is 0.991 bits per heavy atom. The van der Waals surface area contributed by atoms with Gasteiger partial charge in [0.1, 0.15) is 36.4 Å².